The van der Waals surface area contributed by atoms with Crippen molar-refractivity contribution in [2.24, 2.45) is 0 Å². The van der Waals surface area contributed by atoms with E-state index in [1.165, 1.54) is 0 Å². The molecule has 1 aromatic heterocycles. The summed E-state index contributed by atoms with van der Waals surface area (Å²) < 4.78 is 42.7. The molecule has 1 aliphatic carbocycles. The van der Waals surface area contributed by atoms with E-state index >= 15 is 0 Å². The topological polar surface area (TPSA) is 39.2 Å². The van der Waals surface area contributed by atoms with Gasteiger partial charge in [0.15, 0.2) is 0 Å². The maximum atomic E-state index is 12.7. The molecule has 0 aliphatic heterocycles. The molecular weight excluding hydrogens is 247 g/mol. The van der Waals surface area contributed by atoms with Crippen LogP contribution in [0.25, 0.3) is 0 Å². The summed E-state index contributed by atoms with van der Waals surface area (Å²) in [6, 6.07) is 1.74. The standard InChI is InChI=1S/C12H12F3NO2/c1-11(3-4-11)9-6-7(12(13,14)15)5-8(16-9)10(17)18-2/h5-6H,3-4H2,1-2H3. The molecule has 1 aromatic rings. The molecule has 0 saturated heterocycles. The van der Waals surface area contributed by atoms with Crippen LogP contribution in [-0.4, -0.2) is 18.1 Å². The summed E-state index contributed by atoms with van der Waals surface area (Å²) in [4.78, 5) is 15.3. The fourth-order valence-electron chi connectivity index (χ4n) is 1.66. The first-order valence-electron chi connectivity index (χ1n) is 5.44. The molecule has 0 aromatic carbocycles. The number of aromatic nitrogens is 1. The number of carbonyl (C=O) groups is 1. The Morgan fingerprint density at radius 2 is 2.00 bits per heavy atom. The second-order valence-electron chi connectivity index (χ2n) is 4.68. The lowest BCUT2D eigenvalue weighted by atomic mass is 10.0. The van der Waals surface area contributed by atoms with Crippen molar-refractivity contribution in [1.82, 2.24) is 4.98 Å². The zero-order valence-electron chi connectivity index (χ0n) is 9.97. The molecule has 2 rings (SSSR count). The van der Waals surface area contributed by atoms with Crippen molar-refractivity contribution in [3.05, 3.63) is 29.1 Å². The summed E-state index contributed by atoms with van der Waals surface area (Å²) >= 11 is 0. The molecule has 0 bridgehead atoms. The maximum absolute atomic E-state index is 12.7. The summed E-state index contributed by atoms with van der Waals surface area (Å²) in [5.74, 6) is -0.855. The minimum Gasteiger partial charge on any atom is -0.464 e. The molecule has 1 aliphatic rings. The normalized spacial score (nSPS) is 17.4. The van der Waals surface area contributed by atoms with Crippen molar-refractivity contribution in [2.75, 3.05) is 7.11 Å². The van der Waals surface area contributed by atoms with Crippen LogP contribution in [0.2, 0.25) is 0 Å². The largest absolute Gasteiger partial charge is 0.464 e. The molecule has 1 fully saturated rings. The van der Waals surface area contributed by atoms with Crippen LogP contribution in [-0.2, 0) is 16.3 Å². The number of carbonyl (C=O) groups excluding carboxylic acids is 1. The summed E-state index contributed by atoms with van der Waals surface area (Å²) in [6.07, 6.45) is -2.93. The summed E-state index contributed by atoms with van der Waals surface area (Å²) in [5.41, 5.74) is -1.20. The lowest BCUT2D eigenvalue weighted by Gasteiger charge is -2.13. The Morgan fingerprint density at radius 1 is 1.39 bits per heavy atom. The molecule has 0 N–H and O–H groups in total. The zero-order chi connectivity index (χ0) is 13.6. The van der Waals surface area contributed by atoms with Crippen LogP contribution in [0.15, 0.2) is 12.1 Å². The van der Waals surface area contributed by atoms with Crippen molar-refractivity contribution >= 4 is 5.97 Å². The monoisotopic (exact) mass is 259 g/mol. The van der Waals surface area contributed by atoms with Crippen LogP contribution in [0, 0.1) is 0 Å². The molecule has 0 spiro atoms. The average Bonchev–Trinajstić information content (AvgIpc) is 3.06. The molecule has 0 atom stereocenters. The van der Waals surface area contributed by atoms with E-state index in [1.807, 2.05) is 6.92 Å². The molecule has 98 valence electrons. The number of nitrogens with zero attached hydrogens (tertiary/aromatic N) is 1. The number of halogens is 3. The van der Waals surface area contributed by atoms with Gasteiger partial charge in [-0.3, -0.25) is 0 Å². The number of alkyl halides is 3. The molecule has 1 heterocycles. The van der Waals surface area contributed by atoms with Crippen LogP contribution < -0.4 is 0 Å². The first-order chi connectivity index (χ1) is 8.26. The van der Waals surface area contributed by atoms with E-state index in [-0.39, 0.29) is 11.1 Å². The van der Waals surface area contributed by atoms with Gasteiger partial charge in [-0.15, -0.1) is 0 Å². The van der Waals surface area contributed by atoms with Crippen LogP contribution in [0.4, 0.5) is 13.2 Å². The maximum Gasteiger partial charge on any atom is 0.416 e. The Bertz CT molecular complexity index is 469. The summed E-state index contributed by atoms with van der Waals surface area (Å²) in [7, 11) is 1.11. The van der Waals surface area contributed by atoms with Crippen LogP contribution >= 0.6 is 0 Å². The van der Waals surface area contributed by atoms with Gasteiger partial charge in [0.1, 0.15) is 5.69 Å². The number of rotatable bonds is 2. The van der Waals surface area contributed by atoms with Gasteiger partial charge in [-0.2, -0.15) is 13.2 Å². The van der Waals surface area contributed by atoms with Gasteiger partial charge in [-0.25, -0.2) is 9.78 Å². The van der Waals surface area contributed by atoms with E-state index in [0.29, 0.717) is 5.69 Å². The highest BCUT2D eigenvalue weighted by Gasteiger charge is 2.43. The number of hydrogen-bond donors (Lipinski definition) is 0. The van der Waals surface area contributed by atoms with E-state index in [9.17, 15) is 18.0 Å². The SMILES string of the molecule is COC(=O)c1cc(C(F)(F)F)cc(C2(C)CC2)n1. The molecule has 3 nitrogen and oxygen atoms in total. The Hall–Kier alpha value is -1.59. The summed E-state index contributed by atoms with van der Waals surface area (Å²) in [5, 5.41) is 0. The van der Waals surface area contributed by atoms with Gasteiger partial charge in [0.2, 0.25) is 0 Å². The van der Waals surface area contributed by atoms with Crippen LogP contribution in [0.3, 0.4) is 0 Å². The first-order valence-corrected chi connectivity index (χ1v) is 5.44. The molecular formula is C12H12F3NO2. The van der Waals surface area contributed by atoms with Gasteiger partial charge in [0, 0.05) is 11.1 Å². The fourth-order valence-corrected chi connectivity index (χ4v) is 1.66. The van der Waals surface area contributed by atoms with Gasteiger partial charge in [0.25, 0.3) is 0 Å². The summed E-state index contributed by atoms with van der Waals surface area (Å²) in [6.45, 7) is 1.83. The number of methoxy groups -OCH3 is 1. The minimum atomic E-state index is -4.49. The predicted molar refractivity (Wildman–Crippen MR) is 57.2 cm³/mol. The molecule has 1 saturated carbocycles. The van der Waals surface area contributed by atoms with E-state index in [1.54, 1.807) is 0 Å². The van der Waals surface area contributed by atoms with E-state index in [0.717, 1.165) is 32.1 Å². The van der Waals surface area contributed by atoms with Crippen LogP contribution in [0.5, 0.6) is 0 Å². The van der Waals surface area contributed by atoms with Crippen molar-refractivity contribution in [1.29, 1.82) is 0 Å². The predicted octanol–water partition coefficient (Wildman–Crippen LogP) is 2.94. The molecule has 0 amide bonds. The Balaban J connectivity index is 2.52. The highest BCUT2D eigenvalue weighted by Crippen LogP contribution is 2.47. The van der Waals surface area contributed by atoms with E-state index in [4.69, 9.17) is 0 Å². The number of ether oxygens (including phenoxy) is 1. The number of esters is 1. The third kappa shape index (κ3) is 2.32. The quantitative estimate of drug-likeness (QED) is 0.766. The van der Waals surface area contributed by atoms with Crippen molar-refractivity contribution < 1.29 is 22.7 Å². The van der Waals surface area contributed by atoms with Gasteiger partial charge in [-0.05, 0) is 25.0 Å². The Morgan fingerprint density at radius 3 is 2.44 bits per heavy atom. The molecule has 0 unspecified atom stereocenters. The van der Waals surface area contributed by atoms with Gasteiger partial charge >= 0.3 is 12.1 Å². The van der Waals surface area contributed by atoms with Crippen molar-refractivity contribution in [3.8, 4) is 0 Å². The smallest absolute Gasteiger partial charge is 0.416 e. The van der Waals surface area contributed by atoms with Gasteiger partial charge in [0.05, 0.1) is 12.7 Å². The van der Waals surface area contributed by atoms with Crippen molar-refractivity contribution in [2.45, 2.75) is 31.4 Å². The third-order valence-electron chi connectivity index (χ3n) is 3.17. The average molecular weight is 259 g/mol. The Labute approximate surface area is 102 Å². The lowest BCUT2D eigenvalue weighted by molar-refractivity contribution is -0.137. The first kappa shape index (κ1) is 12.9. The second-order valence-corrected chi connectivity index (χ2v) is 4.68. The highest BCUT2D eigenvalue weighted by molar-refractivity contribution is 5.87. The van der Waals surface area contributed by atoms with Gasteiger partial charge in [-0.1, -0.05) is 6.92 Å². The fraction of sp³-hybridized carbons (Fsp3) is 0.500. The van der Waals surface area contributed by atoms with Crippen LogP contribution in [0.1, 0.15) is 41.5 Å². The highest BCUT2D eigenvalue weighted by atomic mass is 19.4. The van der Waals surface area contributed by atoms with E-state index in [2.05, 4.69) is 9.72 Å². The lowest BCUT2D eigenvalue weighted by Crippen LogP contribution is -2.15. The van der Waals surface area contributed by atoms with E-state index < -0.39 is 17.7 Å². The Kier molecular flexibility index (Phi) is 2.83. The van der Waals surface area contributed by atoms with Gasteiger partial charge < -0.3 is 4.74 Å². The molecule has 18 heavy (non-hydrogen) atoms. The number of pyridine rings is 1. The number of hydrogen-bond acceptors (Lipinski definition) is 3. The minimum absolute atomic E-state index is 0.296. The van der Waals surface area contributed by atoms with Crippen molar-refractivity contribution in [3.63, 3.8) is 0 Å². The third-order valence-corrected chi connectivity index (χ3v) is 3.17. The molecule has 0 radical (unpaired) electrons. The molecule has 6 heteroatoms. The second kappa shape index (κ2) is 3.96. The zero-order valence-corrected chi connectivity index (χ0v) is 9.97.